The van der Waals surface area contributed by atoms with Gasteiger partial charge >= 0.3 is 0 Å². The predicted molar refractivity (Wildman–Crippen MR) is 99.8 cm³/mol. The van der Waals surface area contributed by atoms with E-state index in [1.54, 1.807) is 18.9 Å². The Kier molecular flexibility index (Phi) is 6.70. The molecule has 0 unspecified atom stereocenters. The number of carbonyl (C=O) groups is 1. The number of hydrogen-bond acceptors (Lipinski definition) is 4. The Morgan fingerprint density at radius 3 is 2.50 bits per heavy atom. The summed E-state index contributed by atoms with van der Waals surface area (Å²) in [5, 5.41) is 3.00. The van der Waals surface area contributed by atoms with Gasteiger partial charge < -0.3 is 15.0 Å². The van der Waals surface area contributed by atoms with Crippen molar-refractivity contribution >= 4 is 17.7 Å². The van der Waals surface area contributed by atoms with Crippen LogP contribution in [0.25, 0.3) is 0 Å². The number of benzene rings is 2. The molecule has 24 heavy (non-hydrogen) atoms. The Labute approximate surface area is 148 Å². The molecule has 0 saturated heterocycles. The molecule has 0 spiro atoms. The summed E-state index contributed by atoms with van der Waals surface area (Å²) >= 11 is 1.62. The summed E-state index contributed by atoms with van der Waals surface area (Å²) in [5.41, 5.74) is 2.90. The average Bonchev–Trinajstić information content (AvgIpc) is 2.59. The Hall–Kier alpha value is -1.98. The van der Waals surface area contributed by atoms with Crippen molar-refractivity contribution in [2.75, 3.05) is 27.5 Å². The lowest BCUT2D eigenvalue weighted by atomic mass is 10.1. The van der Waals surface area contributed by atoms with Crippen LogP contribution in [0.15, 0.2) is 47.4 Å². The van der Waals surface area contributed by atoms with E-state index in [4.69, 9.17) is 4.74 Å². The largest absolute Gasteiger partial charge is 0.496 e. The molecule has 0 aromatic heterocycles. The summed E-state index contributed by atoms with van der Waals surface area (Å²) in [6.07, 6.45) is 2.00. The van der Waals surface area contributed by atoms with Crippen molar-refractivity contribution in [1.29, 1.82) is 0 Å². The fraction of sp³-hybridized carbons (Fsp3) is 0.316. The van der Waals surface area contributed by atoms with Crippen molar-refractivity contribution in [3.8, 4) is 5.75 Å². The molecule has 128 valence electrons. The first-order valence-electron chi connectivity index (χ1n) is 7.77. The van der Waals surface area contributed by atoms with Crippen molar-refractivity contribution in [2.45, 2.75) is 18.0 Å². The van der Waals surface area contributed by atoms with E-state index in [2.05, 4.69) is 16.3 Å². The zero-order chi connectivity index (χ0) is 17.5. The third kappa shape index (κ3) is 4.76. The van der Waals surface area contributed by atoms with Gasteiger partial charge in [0.25, 0.3) is 5.91 Å². The van der Waals surface area contributed by atoms with E-state index in [0.717, 1.165) is 17.0 Å². The van der Waals surface area contributed by atoms with Gasteiger partial charge in [0.05, 0.1) is 12.7 Å². The van der Waals surface area contributed by atoms with Crippen LogP contribution < -0.4 is 10.1 Å². The van der Waals surface area contributed by atoms with Crippen molar-refractivity contribution in [3.05, 3.63) is 59.2 Å². The molecule has 1 amide bonds. The maximum Gasteiger partial charge on any atom is 0.255 e. The molecule has 0 fully saturated rings. The highest BCUT2D eigenvalue weighted by Crippen LogP contribution is 2.25. The van der Waals surface area contributed by atoms with Crippen molar-refractivity contribution in [1.82, 2.24) is 10.2 Å². The van der Waals surface area contributed by atoms with Crippen LogP contribution in [0.2, 0.25) is 0 Å². The van der Waals surface area contributed by atoms with Crippen molar-refractivity contribution in [3.63, 3.8) is 0 Å². The lowest BCUT2D eigenvalue weighted by Gasteiger charge is -2.15. The van der Waals surface area contributed by atoms with Gasteiger partial charge in [0, 0.05) is 18.0 Å². The highest BCUT2D eigenvalue weighted by atomic mass is 32.2. The number of ether oxygens (including phenoxy) is 1. The van der Waals surface area contributed by atoms with Gasteiger partial charge in [0.2, 0.25) is 0 Å². The molecular weight excluding hydrogens is 320 g/mol. The van der Waals surface area contributed by atoms with E-state index in [1.807, 2.05) is 56.7 Å². The summed E-state index contributed by atoms with van der Waals surface area (Å²) in [4.78, 5) is 15.7. The molecule has 0 aliphatic rings. The predicted octanol–water partition coefficient (Wildman–Crippen LogP) is 3.41. The first-order valence-corrected chi connectivity index (χ1v) is 8.99. The van der Waals surface area contributed by atoms with Gasteiger partial charge in [-0.05, 0) is 49.7 Å². The van der Waals surface area contributed by atoms with Gasteiger partial charge in [-0.2, -0.15) is 0 Å². The second kappa shape index (κ2) is 8.76. The number of methoxy groups -OCH3 is 1. The Morgan fingerprint density at radius 2 is 1.88 bits per heavy atom. The molecule has 2 rings (SSSR count). The van der Waals surface area contributed by atoms with Gasteiger partial charge in [-0.15, -0.1) is 11.8 Å². The number of thioether (sulfide) groups is 1. The molecule has 4 nitrogen and oxygen atoms in total. The second-order valence-electron chi connectivity index (χ2n) is 5.76. The molecule has 0 aliphatic carbocycles. The lowest BCUT2D eigenvalue weighted by molar-refractivity contribution is 0.0947. The van der Waals surface area contributed by atoms with E-state index < -0.39 is 0 Å². The number of hydrogen-bond donors (Lipinski definition) is 1. The Bertz CT molecular complexity index is 702. The van der Waals surface area contributed by atoms with Crippen molar-refractivity contribution in [2.24, 2.45) is 0 Å². The maximum absolute atomic E-state index is 12.5. The van der Waals surface area contributed by atoms with Crippen LogP contribution in [0, 0.1) is 0 Å². The summed E-state index contributed by atoms with van der Waals surface area (Å²) in [6.45, 7) is 1.34. The zero-order valence-corrected chi connectivity index (χ0v) is 15.4. The number of rotatable bonds is 7. The molecule has 0 heterocycles. The van der Waals surface area contributed by atoms with Gasteiger partial charge in [0.15, 0.2) is 0 Å². The minimum atomic E-state index is -0.126. The van der Waals surface area contributed by atoms with Gasteiger partial charge in [-0.1, -0.05) is 24.3 Å². The summed E-state index contributed by atoms with van der Waals surface area (Å²) in [5.74, 6) is 0.472. The fourth-order valence-corrected chi connectivity index (χ4v) is 2.91. The Morgan fingerprint density at radius 1 is 1.17 bits per heavy atom. The molecule has 0 aliphatic heterocycles. The average molecular weight is 344 g/mol. The van der Waals surface area contributed by atoms with Crippen LogP contribution in [-0.2, 0) is 13.1 Å². The molecule has 2 aromatic rings. The topological polar surface area (TPSA) is 41.6 Å². The third-order valence-corrected chi connectivity index (χ3v) is 4.42. The number of nitrogens with one attached hydrogen (secondary N) is 1. The molecule has 1 N–H and O–H groups in total. The van der Waals surface area contributed by atoms with Crippen LogP contribution in [0.3, 0.4) is 0 Å². The Balaban J connectivity index is 2.11. The highest BCUT2D eigenvalue weighted by Gasteiger charge is 2.13. The van der Waals surface area contributed by atoms with Crippen LogP contribution in [0.5, 0.6) is 5.75 Å². The quantitative estimate of drug-likeness (QED) is 0.782. The summed E-state index contributed by atoms with van der Waals surface area (Å²) in [6, 6.07) is 13.8. The molecule has 0 radical (unpaired) electrons. The molecule has 2 aromatic carbocycles. The number of carbonyl (C=O) groups excluding carboxylic acids is 1. The normalized spacial score (nSPS) is 10.7. The van der Waals surface area contributed by atoms with Crippen LogP contribution in [0.4, 0.5) is 0 Å². The smallest absolute Gasteiger partial charge is 0.255 e. The molecule has 0 bridgehead atoms. The monoisotopic (exact) mass is 344 g/mol. The first-order chi connectivity index (χ1) is 11.5. The molecule has 0 atom stereocenters. The van der Waals surface area contributed by atoms with Crippen LogP contribution in [0.1, 0.15) is 21.5 Å². The maximum atomic E-state index is 12.5. The first kappa shape index (κ1) is 18.4. The SMILES string of the molecule is COc1cc(SC)ccc1C(=O)NCc1ccccc1CN(C)C. The zero-order valence-electron chi connectivity index (χ0n) is 14.6. The van der Waals surface area contributed by atoms with Crippen molar-refractivity contribution < 1.29 is 9.53 Å². The van der Waals surface area contributed by atoms with E-state index in [-0.39, 0.29) is 5.91 Å². The highest BCUT2D eigenvalue weighted by molar-refractivity contribution is 7.98. The molecular formula is C19H24N2O2S. The lowest BCUT2D eigenvalue weighted by Crippen LogP contribution is -2.24. The number of nitrogens with zero attached hydrogens (tertiary/aromatic N) is 1. The van der Waals surface area contributed by atoms with Crippen LogP contribution >= 0.6 is 11.8 Å². The standard InChI is InChI=1S/C19H24N2O2S/c1-21(2)13-15-8-6-5-7-14(15)12-20-19(22)17-10-9-16(24-4)11-18(17)23-3/h5-11H,12-13H2,1-4H3,(H,20,22). The van der Waals surface area contributed by atoms with E-state index in [1.165, 1.54) is 5.56 Å². The summed E-state index contributed by atoms with van der Waals surface area (Å²) in [7, 11) is 5.66. The molecule has 0 saturated carbocycles. The third-order valence-electron chi connectivity index (χ3n) is 3.70. The van der Waals surface area contributed by atoms with Gasteiger partial charge in [-0.3, -0.25) is 4.79 Å². The molecule has 5 heteroatoms. The minimum Gasteiger partial charge on any atom is -0.496 e. The number of amides is 1. The van der Waals surface area contributed by atoms with E-state index in [9.17, 15) is 4.79 Å². The van der Waals surface area contributed by atoms with Gasteiger partial charge in [0.1, 0.15) is 5.75 Å². The van der Waals surface area contributed by atoms with Gasteiger partial charge in [-0.25, -0.2) is 0 Å². The van der Waals surface area contributed by atoms with Crippen LogP contribution in [-0.4, -0.2) is 38.3 Å². The fourth-order valence-electron chi connectivity index (χ4n) is 2.48. The minimum absolute atomic E-state index is 0.126. The van der Waals surface area contributed by atoms with E-state index >= 15 is 0 Å². The van der Waals surface area contributed by atoms with E-state index in [0.29, 0.717) is 17.9 Å². The second-order valence-corrected chi connectivity index (χ2v) is 6.64. The summed E-state index contributed by atoms with van der Waals surface area (Å²) < 4.78 is 5.36.